The summed E-state index contributed by atoms with van der Waals surface area (Å²) < 4.78 is 5.19. The fourth-order valence-corrected chi connectivity index (χ4v) is 2.88. The zero-order valence-corrected chi connectivity index (χ0v) is 14.6. The van der Waals surface area contributed by atoms with Crippen LogP contribution in [0.25, 0.3) is 0 Å². The number of piperazine rings is 1. The molecule has 0 aliphatic carbocycles. The van der Waals surface area contributed by atoms with Gasteiger partial charge in [0.05, 0.1) is 13.2 Å². The van der Waals surface area contributed by atoms with Gasteiger partial charge in [0.15, 0.2) is 0 Å². The third-order valence-electron chi connectivity index (χ3n) is 4.41. The Kier molecular flexibility index (Phi) is 5.45. The second-order valence-electron chi connectivity index (χ2n) is 5.97. The number of anilines is 2. The van der Waals surface area contributed by atoms with E-state index < -0.39 is 0 Å². The molecule has 1 atom stereocenters. The van der Waals surface area contributed by atoms with Gasteiger partial charge in [0.2, 0.25) is 11.9 Å². The summed E-state index contributed by atoms with van der Waals surface area (Å²) in [6.45, 7) is 5.14. The van der Waals surface area contributed by atoms with Crippen LogP contribution in [0.3, 0.4) is 0 Å². The molecule has 1 amide bonds. The molecule has 1 aliphatic rings. The van der Waals surface area contributed by atoms with Crippen molar-refractivity contribution in [3.05, 3.63) is 42.7 Å². The molecule has 0 radical (unpaired) electrons. The highest BCUT2D eigenvalue weighted by Crippen LogP contribution is 2.18. The molecule has 1 aromatic carbocycles. The number of nitrogens with one attached hydrogen (secondary N) is 1. The normalized spacial score (nSPS) is 16.3. The van der Waals surface area contributed by atoms with Crippen molar-refractivity contribution in [1.82, 2.24) is 14.9 Å². The number of carbonyl (C=O) groups excluding carboxylic acids is 1. The summed E-state index contributed by atoms with van der Waals surface area (Å²) >= 11 is 0. The zero-order chi connectivity index (χ0) is 17.6. The van der Waals surface area contributed by atoms with Gasteiger partial charge >= 0.3 is 0 Å². The van der Waals surface area contributed by atoms with E-state index in [-0.39, 0.29) is 11.9 Å². The van der Waals surface area contributed by atoms with E-state index in [1.54, 1.807) is 19.5 Å². The standard InChI is InChI=1S/C18H23N5O2/c1-14(17(24)21-15-5-3-6-16(13-15)25-2)22-9-11-23(12-10-22)18-19-7-4-8-20-18/h3-8,13-14H,9-12H2,1-2H3,(H,21,24)/t14-/m0/s1. The van der Waals surface area contributed by atoms with Crippen molar-refractivity contribution in [2.24, 2.45) is 0 Å². The lowest BCUT2D eigenvalue weighted by Crippen LogP contribution is -2.53. The average Bonchev–Trinajstić information content (AvgIpc) is 2.68. The summed E-state index contributed by atoms with van der Waals surface area (Å²) in [4.78, 5) is 25.4. The predicted molar refractivity (Wildman–Crippen MR) is 96.9 cm³/mol. The summed E-state index contributed by atoms with van der Waals surface area (Å²) in [5.41, 5.74) is 0.743. The maximum atomic E-state index is 12.5. The van der Waals surface area contributed by atoms with Gasteiger partial charge < -0.3 is 15.0 Å². The third kappa shape index (κ3) is 4.24. The SMILES string of the molecule is COc1cccc(NC(=O)[C@H](C)N2CCN(c3ncccn3)CC2)c1. The molecule has 25 heavy (non-hydrogen) atoms. The Hall–Kier alpha value is -2.67. The van der Waals surface area contributed by atoms with Gasteiger partial charge in [-0.1, -0.05) is 6.07 Å². The van der Waals surface area contributed by atoms with E-state index in [0.29, 0.717) is 0 Å². The topological polar surface area (TPSA) is 70.6 Å². The summed E-state index contributed by atoms with van der Waals surface area (Å²) in [6, 6.07) is 8.99. The molecule has 1 fully saturated rings. The van der Waals surface area contributed by atoms with Crippen LogP contribution in [0, 0.1) is 0 Å². The molecule has 1 N–H and O–H groups in total. The van der Waals surface area contributed by atoms with Crippen LogP contribution in [0.2, 0.25) is 0 Å². The molecule has 132 valence electrons. The summed E-state index contributed by atoms with van der Waals surface area (Å²) in [5.74, 6) is 1.45. The van der Waals surface area contributed by atoms with Gasteiger partial charge in [-0.2, -0.15) is 0 Å². The smallest absolute Gasteiger partial charge is 0.241 e. The molecule has 1 aromatic heterocycles. The first-order valence-corrected chi connectivity index (χ1v) is 8.38. The Bertz CT molecular complexity index is 702. The third-order valence-corrected chi connectivity index (χ3v) is 4.41. The van der Waals surface area contributed by atoms with Crippen molar-refractivity contribution in [3.8, 4) is 5.75 Å². The summed E-state index contributed by atoms with van der Waals surface area (Å²) in [5, 5.41) is 2.96. The highest BCUT2D eigenvalue weighted by molar-refractivity contribution is 5.94. The highest BCUT2D eigenvalue weighted by Gasteiger charge is 2.26. The van der Waals surface area contributed by atoms with Crippen molar-refractivity contribution < 1.29 is 9.53 Å². The lowest BCUT2D eigenvalue weighted by molar-refractivity contribution is -0.120. The van der Waals surface area contributed by atoms with Crippen molar-refractivity contribution in [2.75, 3.05) is 43.5 Å². The molecule has 0 spiro atoms. The number of methoxy groups -OCH3 is 1. The molecule has 2 aromatic rings. The fourth-order valence-electron chi connectivity index (χ4n) is 2.88. The molecule has 7 nitrogen and oxygen atoms in total. The number of hydrogen-bond donors (Lipinski definition) is 1. The molecule has 0 saturated carbocycles. The minimum atomic E-state index is -0.204. The first-order valence-electron chi connectivity index (χ1n) is 8.38. The van der Waals surface area contributed by atoms with Crippen molar-refractivity contribution in [3.63, 3.8) is 0 Å². The van der Waals surface area contributed by atoms with E-state index in [9.17, 15) is 4.79 Å². The molecular formula is C18H23N5O2. The van der Waals surface area contributed by atoms with Crippen molar-refractivity contribution in [2.45, 2.75) is 13.0 Å². The van der Waals surface area contributed by atoms with Crippen LogP contribution in [-0.2, 0) is 4.79 Å². The van der Waals surface area contributed by atoms with Crippen LogP contribution in [0.4, 0.5) is 11.6 Å². The second-order valence-corrected chi connectivity index (χ2v) is 5.97. The number of rotatable bonds is 5. The highest BCUT2D eigenvalue weighted by atomic mass is 16.5. The number of nitrogens with zero attached hydrogens (tertiary/aromatic N) is 4. The van der Waals surface area contributed by atoms with Crippen molar-refractivity contribution >= 4 is 17.5 Å². The van der Waals surface area contributed by atoms with E-state index in [1.807, 2.05) is 37.3 Å². The van der Waals surface area contributed by atoms with E-state index >= 15 is 0 Å². The average molecular weight is 341 g/mol. The van der Waals surface area contributed by atoms with Crippen LogP contribution < -0.4 is 15.0 Å². The maximum Gasteiger partial charge on any atom is 0.241 e. The van der Waals surface area contributed by atoms with Crippen molar-refractivity contribution in [1.29, 1.82) is 0 Å². The van der Waals surface area contributed by atoms with E-state index in [1.165, 1.54) is 0 Å². The molecule has 7 heteroatoms. The summed E-state index contributed by atoms with van der Waals surface area (Å²) in [6.07, 6.45) is 3.50. The molecule has 1 aliphatic heterocycles. The number of ether oxygens (including phenoxy) is 1. The van der Waals surface area contributed by atoms with Crippen LogP contribution >= 0.6 is 0 Å². The fraction of sp³-hybridized carbons (Fsp3) is 0.389. The molecule has 3 rings (SSSR count). The van der Waals surface area contributed by atoms with E-state index in [0.717, 1.165) is 43.6 Å². The quantitative estimate of drug-likeness (QED) is 0.891. The Balaban J connectivity index is 1.54. The maximum absolute atomic E-state index is 12.5. The minimum Gasteiger partial charge on any atom is -0.497 e. The van der Waals surface area contributed by atoms with Gasteiger partial charge in [-0.05, 0) is 25.1 Å². The lowest BCUT2D eigenvalue weighted by atomic mass is 10.2. The number of hydrogen-bond acceptors (Lipinski definition) is 6. The largest absolute Gasteiger partial charge is 0.497 e. The monoisotopic (exact) mass is 341 g/mol. The van der Waals surface area contributed by atoms with Crippen LogP contribution in [0.15, 0.2) is 42.7 Å². The predicted octanol–water partition coefficient (Wildman–Crippen LogP) is 1.63. The summed E-state index contributed by atoms with van der Waals surface area (Å²) in [7, 11) is 1.61. The Morgan fingerprint density at radius 2 is 1.88 bits per heavy atom. The van der Waals surface area contributed by atoms with Gasteiger partial charge in [-0.3, -0.25) is 9.69 Å². The number of benzene rings is 1. The molecule has 2 heterocycles. The number of carbonyl (C=O) groups is 1. The van der Waals surface area contributed by atoms with E-state index in [2.05, 4.69) is 25.1 Å². The van der Waals surface area contributed by atoms with Gasteiger partial charge in [0.25, 0.3) is 0 Å². The van der Waals surface area contributed by atoms with Gasteiger partial charge in [0.1, 0.15) is 5.75 Å². The van der Waals surface area contributed by atoms with Crippen LogP contribution in [-0.4, -0.2) is 60.1 Å². The minimum absolute atomic E-state index is 0.0161. The zero-order valence-electron chi connectivity index (χ0n) is 14.6. The number of aromatic nitrogens is 2. The Morgan fingerprint density at radius 3 is 2.56 bits per heavy atom. The van der Waals surface area contributed by atoms with Gasteiger partial charge in [-0.25, -0.2) is 9.97 Å². The van der Waals surface area contributed by atoms with Crippen LogP contribution in [0.1, 0.15) is 6.92 Å². The Morgan fingerprint density at radius 1 is 1.16 bits per heavy atom. The first kappa shape index (κ1) is 17.2. The molecular weight excluding hydrogens is 318 g/mol. The van der Waals surface area contributed by atoms with Gasteiger partial charge in [-0.15, -0.1) is 0 Å². The second kappa shape index (κ2) is 7.94. The number of amides is 1. The molecule has 0 unspecified atom stereocenters. The lowest BCUT2D eigenvalue weighted by Gasteiger charge is -2.37. The van der Waals surface area contributed by atoms with Gasteiger partial charge in [0, 0.05) is 50.3 Å². The van der Waals surface area contributed by atoms with E-state index in [4.69, 9.17) is 4.74 Å². The molecule has 0 bridgehead atoms. The first-order chi connectivity index (χ1) is 12.2. The van der Waals surface area contributed by atoms with Crippen LogP contribution in [0.5, 0.6) is 5.75 Å². The molecule has 1 saturated heterocycles. The Labute approximate surface area is 147 Å².